The van der Waals surface area contributed by atoms with Crippen molar-refractivity contribution in [1.82, 2.24) is 9.47 Å². The molecule has 0 radical (unpaired) electrons. The zero-order chi connectivity index (χ0) is 20.1. The van der Waals surface area contributed by atoms with Crippen LogP contribution in [0.1, 0.15) is 63.9 Å². The molecule has 2 fully saturated rings. The maximum absolute atomic E-state index is 14.6. The number of aromatic nitrogens is 1. The number of unbranched alkanes of at least 4 members (excludes halogenated alkanes) is 5. The summed E-state index contributed by atoms with van der Waals surface area (Å²) in [5, 5.41) is 1.06. The number of piperidine rings is 1. The second kappa shape index (κ2) is 9.59. The molecule has 2 aromatic rings. The molecule has 0 amide bonds. The van der Waals surface area contributed by atoms with Crippen molar-refractivity contribution in [2.45, 2.75) is 77.2 Å². The van der Waals surface area contributed by atoms with Crippen molar-refractivity contribution in [2.24, 2.45) is 0 Å². The molecule has 2 saturated heterocycles. The molecule has 4 nitrogen and oxygen atoms in total. The predicted molar refractivity (Wildman–Crippen MR) is 114 cm³/mol. The minimum atomic E-state index is -0.339. The molecular formula is C24H35FN2O2. The average molecular weight is 403 g/mol. The van der Waals surface area contributed by atoms with Crippen LogP contribution in [0.15, 0.2) is 24.4 Å². The summed E-state index contributed by atoms with van der Waals surface area (Å²) in [5.74, 6) is -0.445. The van der Waals surface area contributed by atoms with Gasteiger partial charge in [0.25, 0.3) is 0 Å². The summed E-state index contributed by atoms with van der Waals surface area (Å²) in [7, 11) is 0. The van der Waals surface area contributed by atoms with E-state index >= 15 is 0 Å². The van der Waals surface area contributed by atoms with Crippen LogP contribution in [-0.4, -0.2) is 41.6 Å². The number of rotatable bonds is 9. The Kier molecular flexibility index (Phi) is 6.88. The van der Waals surface area contributed by atoms with Gasteiger partial charge in [-0.2, -0.15) is 0 Å². The van der Waals surface area contributed by atoms with Gasteiger partial charge in [0, 0.05) is 50.6 Å². The van der Waals surface area contributed by atoms with E-state index in [0.29, 0.717) is 13.2 Å². The number of likely N-dealkylation sites (tertiary alicyclic amines) is 1. The molecule has 1 spiro atoms. The summed E-state index contributed by atoms with van der Waals surface area (Å²) in [5.41, 5.74) is 2.00. The highest BCUT2D eigenvalue weighted by Crippen LogP contribution is 2.33. The van der Waals surface area contributed by atoms with Crippen LogP contribution < -0.4 is 0 Å². The first-order valence-corrected chi connectivity index (χ1v) is 11.5. The van der Waals surface area contributed by atoms with Gasteiger partial charge >= 0.3 is 0 Å². The SMILES string of the molecule is CCCCCCCCn1cc(CN2CCC3(CC2)OCCO3)c2cccc(F)c21. The standard InChI is InChI=1S/C24H35FN2O2/c1-2-3-4-5-6-7-13-27-19-20(21-9-8-10-22(25)23(21)27)18-26-14-11-24(12-15-26)28-16-17-29-24/h8-10,19H,2-7,11-18H2,1H3. The zero-order valence-corrected chi connectivity index (χ0v) is 17.8. The smallest absolute Gasteiger partial charge is 0.170 e. The second-order valence-electron chi connectivity index (χ2n) is 8.64. The Bertz CT molecular complexity index is 788. The van der Waals surface area contributed by atoms with Gasteiger partial charge in [0.15, 0.2) is 5.79 Å². The number of hydrogen-bond acceptors (Lipinski definition) is 3. The van der Waals surface area contributed by atoms with E-state index in [1.165, 1.54) is 37.7 Å². The number of fused-ring (bicyclic) bond motifs is 1. The molecule has 1 aromatic heterocycles. The van der Waals surface area contributed by atoms with Gasteiger partial charge in [-0.25, -0.2) is 4.39 Å². The number of hydrogen-bond donors (Lipinski definition) is 0. The van der Waals surface area contributed by atoms with Gasteiger partial charge in [0.1, 0.15) is 5.82 Å². The summed E-state index contributed by atoms with van der Waals surface area (Å²) < 4.78 is 28.5. The fraction of sp³-hybridized carbons (Fsp3) is 0.667. The molecule has 0 unspecified atom stereocenters. The highest BCUT2D eigenvalue weighted by Gasteiger charge is 2.39. The first-order valence-electron chi connectivity index (χ1n) is 11.5. The van der Waals surface area contributed by atoms with Crippen molar-refractivity contribution in [1.29, 1.82) is 0 Å². The summed E-state index contributed by atoms with van der Waals surface area (Å²) in [6.45, 7) is 7.34. The topological polar surface area (TPSA) is 26.6 Å². The monoisotopic (exact) mass is 402 g/mol. The fourth-order valence-electron chi connectivity index (χ4n) is 4.83. The first kappa shape index (κ1) is 20.8. The van der Waals surface area contributed by atoms with Gasteiger partial charge < -0.3 is 14.0 Å². The molecular weight excluding hydrogens is 367 g/mol. The summed E-state index contributed by atoms with van der Waals surface area (Å²) in [4.78, 5) is 2.45. The Morgan fingerprint density at radius 2 is 1.72 bits per heavy atom. The Hall–Kier alpha value is -1.43. The zero-order valence-electron chi connectivity index (χ0n) is 17.8. The minimum absolute atomic E-state index is 0.106. The molecule has 1 aromatic carbocycles. The van der Waals surface area contributed by atoms with E-state index in [1.807, 2.05) is 6.07 Å². The van der Waals surface area contributed by atoms with Gasteiger partial charge in [-0.05, 0) is 18.1 Å². The summed E-state index contributed by atoms with van der Waals surface area (Å²) >= 11 is 0. The molecule has 2 aliphatic rings. The maximum atomic E-state index is 14.6. The number of halogens is 1. The molecule has 2 aliphatic heterocycles. The molecule has 0 saturated carbocycles. The first-order chi connectivity index (χ1) is 14.2. The molecule has 4 rings (SSSR count). The predicted octanol–water partition coefficient (Wildman–Crippen LogP) is 5.48. The Morgan fingerprint density at radius 3 is 2.48 bits per heavy atom. The normalized spacial score (nSPS) is 19.5. The van der Waals surface area contributed by atoms with Gasteiger partial charge in [-0.1, -0.05) is 51.2 Å². The van der Waals surface area contributed by atoms with E-state index in [4.69, 9.17) is 9.47 Å². The lowest BCUT2D eigenvalue weighted by Gasteiger charge is -2.37. The third-order valence-electron chi connectivity index (χ3n) is 6.51. The van der Waals surface area contributed by atoms with Crippen LogP contribution in [0.5, 0.6) is 0 Å². The molecule has 0 N–H and O–H groups in total. The van der Waals surface area contributed by atoms with Crippen LogP contribution in [0.3, 0.4) is 0 Å². The molecule has 5 heteroatoms. The van der Waals surface area contributed by atoms with E-state index in [1.54, 1.807) is 6.07 Å². The van der Waals surface area contributed by atoms with Crippen molar-refractivity contribution >= 4 is 10.9 Å². The number of benzene rings is 1. The van der Waals surface area contributed by atoms with Crippen LogP contribution in [0, 0.1) is 5.82 Å². The quantitative estimate of drug-likeness (QED) is 0.520. The van der Waals surface area contributed by atoms with Crippen molar-refractivity contribution in [3.8, 4) is 0 Å². The van der Waals surface area contributed by atoms with Crippen molar-refractivity contribution in [3.05, 3.63) is 35.8 Å². The Morgan fingerprint density at radius 1 is 1.00 bits per heavy atom. The Balaban J connectivity index is 1.40. The number of para-hydroxylation sites is 1. The molecule has 0 bridgehead atoms. The summed E-state index contributed by atoms with van der Waals surface area (Å²) in [6.07, 6.45) is 11.5. The highest BCUT2D eigenvalue weighted by atomic mass is 19.1. The fourth-order valence-corrected chi connectivity index (χ4v) is 4.83. The van der Waals surface area contributed by atoms with E-state index in [2.05, 4.69) is 28.7 Å². The van der Waals surface area contributed by atoms with Crippen LogP contribution in [0.25, 0.3) is 10.9 Å². The second-order valence-corrected chi connectivity index (χ2v) is 8.64. The third-order valence-corrected chi connectivity index (χ3v) is 6.51. The molecule has 29 heavy (non-hydrogen) atoms. The van der Waals surface area contributed by atoms with Gasteiger partial charge in [-0.3, -0.25) is 4.90 Å². The molecule has 160 valence electrons. The molecule has 0 atom stereocenters. The van der Waals surface area contributed by atoms with Crippen LogP contribution in [-0.2, 0) is 22.6 Å². The van der Waals surface area contributed by atoms with Crippen LogP contribution in [0.4, 0.5) is 4.39 Å². The van der Waals surface area contributed by atoms with E-state index in [9.17, 15) is 4.39 Å². The minimum Gasteiger partial charge on any atom is -0.347 e. The third kappa shape index (κ3) is 4.84. The Labute approximate surface area is 174 Å². The summed E-state index contributed by atoms with van der Waals surface area (Å²) in [6, 6.07) is 5.49. The average Bonchev–Trinajstić information content (AvgIpc) is 3.33. The van der Waals surface area contributed by atoms with E-state index < -0.39 is 0 Å². The maximum Gasteiger partial charge on any atom is 0.170 e. The van der Waals surface area contributed by atoms with E-state index in [-0.39, 0.29) is 11.6 Å². The lowest BCUT2D eigenvalue weighted by Crippen LogP contribution is -2.44. The van der Waals surface area contributed by atoms with Crippen LogP contribution >= 0.6 is 0 Å². The molecule has 0 aliphatic carbocycles. The number of aryl methyl sites for hydroxylation is 1. The van der Waals surface area contributed by atoms with Crippen molar-refractivity contribution in [3.63, 3.8) is 0 Å². The lowest BCUT2D eigenvalue weighted by molar-refractivity contribution is -0.185. The van der Waals surface area contributed by atoms with Gasteiger partial charge in [0.2, 0.25) is 0 Å². The van der Waals surface area contributed by atoms with Crippen LogP contribution in [0.2, 0.25) is 0 Å². The number of ether oxygens (including phenoxy) is 2. The number of nitrogens with zero attached hydrogens (tertiary/aromatic N) is 2. The van der Waals surface area contributed by atoms with E-state index in [0.717, 1.165) is 56.3 Å². The highest BCUT2D eigenvalue weighted by molar-refractivity contribution is 5.84. The molecule has 3 heterocycles. The van der Waals surface area contributed by atoms with Crippen molar-refractivity contribution in [2.75, 3.05) is 26.3 Å². The van der Waals surface area contributed by atoms with Crippen molar-refractivity contribution < 1.29 is 13.9 Å². The largest absolute Gasteiger partial charge is 0.347 e. The lowest BCUT2D eigenvalue weighted by atomic mass is 10.0. The van der Waals surface area contributed by atoms with Gasteiger partial charge in [0.05, 0.1) is 18.7 Å². The van der Waals surface area contributed by atoms with Gasteiger partial charge in [-0.15, -0.1) is 0 Å².